The lowest BCUT2D eigenvalue weighted by Crippen LogP contribution is -2.55. The molecule has 2 heteroatoms. The van der Waals surface area contributed by atoms with Gasteiger partial charge in [-0.2, -0.15) is 0 Å². The molecule has 0 saturated heterocycles. The molecule has 4 fully saturated rings. The molecule has 0 amide bonds. The van der Waals surface area contributed by atoms with E-state index in [1.807, 2.05) is 0 Å². The van der Waals surface area contributed by atoms with Gasteiger partial charge in [0.05, 0.1) is 12.2 Å². The van der Waals surface area contributed by atoms with Crippen molar-refractivity contribution in [2.45, 2.75) is 83.3 Å². The van der Waals surface area contributed by atoms with Gasteiger partial charge in [-0.3, -0.25) is 0 Å². The quantitative estimate of drug-likeness (QED) is 0.650. The van der Waals surface area contributed by atoms with Crippen LogP contribution in [-0.4, -0.2) is 22.4 Å². The van der Waals surface area contributed by atoms with E-state index < -0.39 is 0 Å². The van der Waals surface area contributed by atoms with Gasteiger partial charge < -0.3 is 10.2 Å². The van der Waals surface area contributed by atoms with Crippen molar-refractivity contribution in [1.29, 1.82) is 0 Å². The normalized spacial score (nSPS) is 59.2. The summed E-state index contributed by atoms with van der Waals surface area (Å²) in [7, 11) is 0. The smallest absolute Gasteiger partial charge is 0.0611 e. The molecule has 0 aromatic heterocycles. The maximum atomic E-state index is 10.6. The zero-order chi connectivity index (χ0) is 16.5. The summed E-state index contributed by atoms with van der Waals surface area (Å²) in [6.07, 6.45) is 16.9. The molecule has 0 heterocycles. The lowest BCUT2D eigenvalue weighted by molar-refractivity contribution is -0.127. The van der Waals surface area contributed by atoms with Crippen molar-refractivity contribution in [2.75, 3.05) is 0 Å². The SMILES string of the molecule is C[C@]12CC[C@@H](O)C[C@@H]1CC[C@@H]1[C@@H]2CC[C@@]23C=CC[C@H](O)[C@H]2CC[C@@H]13. The molecule has 0 aliphatic heterocycles. The Hall–Kier alpha value is -0.340. The van der Waals surface area contributed by atoms with E-state index in [1.54, 1.807) is 0 Å². The summed E-state index contributed by atoms with van der Waals surface area (Å²) in [5.41, 5.74) is 0.801. The summed E-state index contributed by atoms with van der Waals surface area (Å²) in [5, 5.41) is 20.8. The van der Waals surface area contributed by atoms with Crippen molar-refractivity contribution in [2.24, 2.45) is 40.4 Å². The molecular formula is C22H34O2. The molecule has 2 N–H and O–H groups in total. The van der Waals surface area contributed by atoms with Crippen LogP contribution in [0, 0.1) is 40.4 Å². The van der Waals surface area contributed by atoms with Crippen LogP contribution in [0.2, 0.25) is 0 Å². The van der Waals surface area contributed by atoms with Gasteiger partial charge in [0.15, 0.2) is 0 Å². The Bertz CT molecular complexity index is 542. The molecule has 1 spiro atoms. The van der Waals surface area contributed by atoms with Crippen LogP contribution < -0.4 is 0 Å². The molecular weight excluding hydrogens is 296 g/mol. The van der Waals surface area contributed by atoms with Gasteiger partial charge in [-0.1, -0.05) is 19.1 Å². The molecule has 9 atom stereocenters. The number of hydrogen-bond donors (Lipinski definition) is 2. The summed E-state index contributed by atoms with van der Waals surface area (Å²) in [4.78, 5) is 0. The molecule has 4 saturated carbocycles. The second-order valence-corrected chi connectivity index (χ2v) is 10.1. The third-order valence-corrected chi connectivity index (χ3v) is 9.56. The van der Waals surface area contributed by atoms with Gasteiger partial charge in [0.1, 0.15) is 0 Å². The minimum absolute atomic E-state index is 0.0400. The van der Waals surface area contributed by atoms with E-state index in [-0.39, 0.29) is 12.2 Å². The first kappa shape index (κ1) is 15.9. The Morgan fingerprint density at radius 2 is 1.71 bits per heavy atom. The molecule has 0 aromatic rings. The Balaban J connectivity index is 1.47. The first-order valence-corrected chi connectivity index (χ1v) is 10.6. The summed E-state index contributed by atoms with van der Waals surface area (Å²) in [6, 6.07) is 0. The Morgan fingerprint density at radius 3 is 2.58 bits per heavy atom. The van der Waals surface area contributed by atoms with Crippen molar-refractivity contribution < 1.29 is 10.2 Å². The molecule has 0 radical (unpaired) electrons. The van der Waals surface area contributed by atoms with E-state index in [2.05, 4.69) is 19.1 Å². The average Bonchev–Trinajstić information content (AvgIpc) is 2.96. The lowest BCUT2D eigenvalue weighted by Gasteiger charge is -2.61. The van der Waals surface area contributed by atoms with Crippen LogP contribution in [0.3, 0.4) is 0 Å². The van der Waals surface area contributed by atoms with E-state index in [9.17, 15) is 10.2 Å². The number of fused-ring (bicyclic) bond motifs is 4. The largest absolute Gasteiger partial charge is 0.393 e. The second kappa shape index (κ2) is 5.33. The fourth-order valence-corrected chi connectivity index (χ4v) is 8.47. The van der Waals surface area contributed by atoms with Gasteiger partial charge in [0.2, 0.25) is 0 Å². The lowest BCUT2D eigenvalue weighted by atomic mass is 9.44. The van der Waals surface area contributed by atoms with Crippen LogP contribution in [0.4, 0.5) is 0 Å². The summed E-state index contributed by atoms with van der Waals surface area (Å²) >= 11 is 0. The second-order valence-electron chi connectivity index (χ2n) is 10.1. The molecule has 24 heavy (non-hydrogen) atoms. The zero-order valence-corrected chi connectivity index (χ0v) is 15.2. The molecule has 134 valence electrons. The monoisotopic (exact) mass is 330 g/mol. The molecule has 5 aliphatic carbocycles. The van der Waals surface area contributed by atoms with E-state index in [0.717, 1.165) is 42.9 Å². The minimum Gasteiger partial charge on any atom is -0.393 e. The predicted octanol–water partition coefficient (Wildman–Crippen LogP) is 4.31. The highest BCUT2D eigenvalue weighted by atomic mass is 16.3. The topological polar surface area (TPSA) is 40.5 Å². The molecule has 0 bridgehead atoms. The fourth-order valence-electron chi connectivity index (χ4n) is 8.47. The third-order valence-electron chi connectivity index (χ3n) is 9.56. The Morgan fingerprint density at radius 1 is 0.875 bits per heavy atom. The van der Waals surface area contributed by atoms with E-state index in [0.29, 0.717) is 16.7 Å². The number of rotatable bonds is 0. The van der Waals surface area contributed by atoms with Crippen LogP contribution in [0.15, 0.2) is 12.2 Å². The summed E-state index contributed by atoms with van der Waals surface area (Å²) in [6.45, 7) is 2.57. The van der Waals surface area contributed by atoms with Crippen molar-refractivity contribution >= 4 is 0 Å². The van der Waals surface area contributed by atoms with E-state index in [4.69, 9.17) is 0 Å². The van der Waals surface area contributed by atoms with Gasteiger partial charge in [-0.15, -0.1) is 0 Å². The van der Waals surface area contributed by atoms with Crippen LogP contribution in [-0.2, 0) is 0 Å². The van der Waals surface area contributed by atoms with Gasteiger partial charge in [-0.05, 0) is 105 Å². The van der Waals surface area contributed by atoms with Crippen molar-refractivity contribution in [3.8, 4) is 0 Å². The van der Waals surface area contributed by atoms with Crippen molar-refractivity contribution in [3.63, 3.8) is 0 Å². The van der Waals surface area contributed by atoms with Gasteiger partial charge in [0, 0.05) is 0 Å². The minimum atomic E-state index is -0.0895. The van der Waals surface area contributed by atoms with Gasteiger partial charge in [-0.25, -0.2) is 0 Å². The molecule has 5 rings (SSSR count). The summed E-state index contributed by atoms with van der Waals surface area (Å²) in [5.74, 6) is 3.84. The van der Waals surface area contributed by atoms with Gasteiger partial charge >= 0.3 is 0 Å². The number of allylic oxidation sites excluding steroid dienone is 1. The molecule has 0 unspecified atom stereocenters. The van der Waals surface area contributed by atoms with Crippen LogP contribution in [0.1, 0.15) is 71.1 Å². The highest BCUT2D eigenvalue weighted by molar-refractivity contribution is 5.20. The standard InChI is InChI=1S/C22H34O2/c1-21-11-8-15(23)13-14(21)4-5-16-17(21)9-12-22-10-2-3-20(24)19(22)7-6-18(16)22/h2,10,14-20,23-24H,3-9,11-13H2,1H3/t14-,15+,16+,17-,18-,19+,20-,21-,22+/m0/s1. The van der Waals surface area contributed by atoms with E-state index in [1.165, 1.54) is 44.9 Å². The number of aliphatic hydroxyl groups excluding tert-OH is 2. The predicted molar refractivity (Wildman–Crippen MR) is 95.3 cm³/mol. The van der Waals surface area contributed by atoms with Crippen molar-refractivity contribution in [1.82, 2.24) is 0 Å². The molecule has 2 nitrogen and oxygen atoms in total. The molecule has 5 aliphatic rings. The van der Waals surface area contributed by atoms with Crippen LogP contribution >= 0.6 is 0 Å². The average molecular weight is 331 g/mol. The maximum Gasteiger partial charge on any atom is 0.0611 e. The fraction of sp³-hybridized carbons (Fsp3) is 0.909. The zero-order valence-electron chi connectivity index (χ0n) is 15.2. The first-order chi connectivity index (χ1) is 11.5. The molecule has 0 aromatic carbocycles. The highest BCUT2D eigenvalue weighted by Gasteiger charge is 2.62. The number of aliphatic hydroxyl groups is 2. The highest BCUT2D eigenvalue weighted by Crippen LogP contribution is 2.69. The Kier molecular flexibility index (Phi) is 3.53. The van der Waals surface area contributed by atoms with Crippen molar-refractivity contribution in [3.05, 3.63) is 12.2 Å². The third kappa shape index (κ3) is 1.96. The summed E-state index contributed by atoms with van der Waals surface area (Å²) < 4.78 is 0. The maximum absolute atomic E-state index is 10.6. The van der Waals surface area contributed by atoms with E-state index >= 15 is 0 Å². The van der Waals surface area contributed by atoms with Gasteiger partial charge in [0.25, 0.3) is 0 Å². The first-order valence-electron chi connectivity index (χ1n) is 10.6. The van der Waals surface area contributed by atoms with Crippen LogP contribution in [0.25, 0.3) is 0 Å². The Labute approximate surface area is 146 Å². The number of hydrogen-bond acceptors (Lipinski definition) is 2. The van der Waals surface area contributed by atoms with Crippen LogP contribution in [0.5, 0.6) is 0 Å².